The van der Waals surface area contributed by atoms with Crippen LogP contribution in [0.25, 0.3) is 10.9 Å². The normalized spacial score (nSPS) is 15.4. The van der Waals surface area contributed by atoms with Crippen molar-refractivity contribution in [1.82, 2.24) is 15.2 Å². The van der Waals surface area contributed by atoms with Crippen LogP contribution in [-0.2, 0) is 20.6 Å². The van der Waals surface area contributed by atoms with Gasteiger partial charge in [-0.15, -0.1) is 0 Å². The molecule has 33 heavy (non-hydrogen) atoms. The minimum Gasteiger partial charge on any atom is -0.480 e. The maximum Gasteiger partial charge on any atom is 0.486 e. The zero-order valence-corrected chi connectivity index (χ0v) is 19.0. The zero-order valence-electron chi connectivity index (χ0n) is 19.0. The lowest BCUT2D eigenvalue weighted by molar-refractivity contribution is -0.139. The van der Waals surface area contributed by atoms with Gasteiger partial charge in [0.05, 0.1) is 25.0 Å². The van der Waals surface area contributed by atoms with Crippen molar-refractivity contribution in [3.05, 3.63) is 42.1 Å². The number of nitrogens with one attached hydrogen (secondary N) is 1. The number of hydrogen-bond donors (Lipinski definition) is 4. The first-order valence-electron chi connectivity index (χ1n) is 10.9. The Hall–Kier alpha value is -2.73. The topological polar surface area (TPSA) is 147 Å². The van der Waals surface area contributed by atoms with E-state index in [9.17, 15) is 14.7 Å². The number of pyridine rings is 1. The van der Waals surface area contributed by atoms with Crippen molar-refractivity contribution >= 4 is 30.6 Å². The van der Waals surface area contributed by atoms with Crippen molar-refractivity contribution in [1.29, 1.82) is 0 Å². The van der Waals surface area contributed by atoms with Crippen LogP contribution >= 0.6 is 0 Å². The third-order valence-electron chi connectivity index (χ3n) is 4.94. The van der Waals surface area contributed by atoms with E-state index in [0.29, 0.717) is 39.9 Å². The number of carboxylic acids is 1. The molecule has 5 N–H and O–H groups in total. The summed E-state index contributed by atoms with van der Waals surface area (Å²) in [7, 11) is 0.632. The van der Waals surface area contributed by atoms with Crippen molar-refractivity contribution in [3.63, 3.8) is 0 Å². The van der Waals surface area contributed by atoms with E-state index in [1.54, 1.807) is 11.1 Å². The van der Waals surface area contributed by atoms with Crippen molar-refractivity contribution in [3.8, 4) is 0 Å². The second kappa shape index (κ2) is 13.7. The average molecular weight is 459 g/mol. The zero-order chi connectivity index (χ0) is 24.2. The molecule has 2 aromatic rings. The van der Waals surface area contributed by atoms with Gasteiger partial charge in [-0.1, -0.05) is 26.0 Å². The summed E-state index contributed by atoms with van der Waals surface area (Å²) in [6.07, 6.45) is 2.33. The lowest BCUT2D eigenvalue weighted by Crippen LogP contribution is -2.51. The Morgan fingerprint density at radius 1 is 1.30 bits per heavy atom. The van der Waals surface area contributed by atoms with Gasteiger partial charge in [-0.05, 0) is 36.1 Å². The number of benzene rings is 1. The van der Waals surface area contributed by atoms with E-state index in [4.69, 9.17) is 15.5 Å². The molecule has 1 unspecified atom stereocenters. The number of nitrogens with zero attached hydrogens (tertiary/aromatic N) is 2. The Morgan fingerprint density at radius 2 is 2.03 bits per heavy atom. The summed E-state index contributed by atoms with van der Waals surface area (Å²) in [5.74, 6) is -0.553. The molecule has 1 aliphatic heterocycles. The van der Waals surface area contributed by atoms with E-state index in [1.165, 1.54) is 0 Å². The number of morpholine rings is 1. The highest BCUT2D eigenvalue weighted by molar-refractivity contribution is 6.15. The Labute approximate surface area is 194 Å². The van der Waals surface area contributed by atoms with Crippen LogP contribution in [0, 0.1) is 5.92 Å². The van der Waals surface area contributed by atoms with Gasteiger partial charge in [-0.2, -0.15) is 0 Å². The van der Waals surface area contributed by atoms with E-state index < -0.39 is 12.0 Å². The van der Waals surface area contributed by atoms with Crippen LogP contribution in [0.5, 0.6) is 0 Å². The number of urea groups is 1. The van der Waals surface area contributed by atoms with Crippen LogP contribution in [0.2, 0.25) is 0 Å². The van der Waals surface area contributed by atoms with E-state index >= 15 is 0 Å². The average Bonchev–Trinajstić information content (AvgIpc) is 2.79. The van der Waals surface area contributed by atoms with Crippen LogP contribution < -0.4 is 11.1 Å². The van der Waals surface area contributed by atoms with Crippen LogP contribution in [-0.4, -0.2) is 78.3 Å². The van der Waals surface area contributed by atoms with Gasteiger partial charge in [0.2, 0.25) is 0 Å². The molecule has 10 nitrogen and oxygen atoms in total. The van der Waals surface area contributed by atoms with Crippen molar-refractivity contribution in [2.24, 2.45) is 11.7 Å². The van der Waals surface area contributed by atoms with E-state index in [1.807, 2.05) is 44.2 Å². The Balaban J connectivity index is 0.000000365. The molecule has 2 atom stereocenters. The first-order chi connectivity index (χ1) is 15.8. The number of carboxylic acid groups (broad SMARTS) is 1. The van der Waals surface area contributed by atoms with E-state index in [-0.39, 0.29) is 18.7 Å². The summed E-state index contributed by atoms with van der Waals surface area (Å²) in [6, 6.07) is 8.01. The molecule has 0 bridgehead atoms. The molecule has 1 fully saturated rings. The molecule has 11 heteroatoms. The quantitative estimate of drug-likeness (QED) is 0.339. The van der Waals surface area contributed by atoms with Crippen molar-refractivity contribution in [2.45, 2.75) is 39.0 Å². The highest BCUT2D eigenvalue weighted by Gasteiger charge is 2.24. The number of ether oxygens (including phenoxy) is 1. The van der Waals surface area contributed by atoms with Crippen LogP contribution in [0.1, 0.15) is 25.8 Å². The molecule has 3 rings (SSSR count). The fraction of sp³-hybridized carbons (Fsp3) is 0.500. The summed E-state index contributed by atoms with van der Waals surface area (Å²) < 4.78 is 9.76. The number of aliphatic carboxylic acids is 1. The first-order valence-corrected chi connectivity index (χ1v) is 10.9. The standard InChI is InChI=1S/C17H19N3O4.C5H13BNO2/c21-16(22)15(19-17(23)20-6-8-24-9-7-20)11-12-3-4-14-13(10-12)2-1-5-18-14;1-4(2)3-5(7)9-6-8/h1-5,10,15H,6-9,11H2,(H,19,23)(H,21,22);4-5,8H,3,7H2,1-2H3/t;5-/m.1/s1. The van der Waals surface area contributed by atoms with E-state index in [0.717, 1.165) is 22.9 Å². The van der Waals surface area contributed by atoms with Gasteiger partial charge in [0.1, 0.15) is 6.04 Å². The molecular formula is C22H32BN4O6. The fourth-order valence-corrected chi connectivity index (χ4v) is 3.29. The Bertz CT molecular complexity index is 894. The van der Waals surface area contributed by atoms with Gasteiger partial charge in [-0.25, -0.2) is 9.59 Å². The molecule has 2 amide bonds. The molecule has 179 valence electrons. The number of aromatic nitrogens is 1. The van der Waals surface area contributed by atoms with Crippen molar-refractivity contribution in [2.75, 3.05) is 26.3 Å². The largest absolute Gasteiger partial charge is 0.486 e. The maximum atomic E-state index is 12.2. The Morgan fingerprint density at radius 3 is 2.67 bits per heavy atom. The monoisotopic (exact) mass is 459 g/mol. The molecule has 0 spiro atoms. The van der Waals surface area contributed by atoms with E-state index in [2.05, 4.69) is 15.0 Å². The predicted octanol–water partition coefficient (Wildman–Crippen LogP) is 1.13. The maximum absolute atomic E-state index is 12.2. The third-order valence-corrected chi connectivity index (χ3v) is 4.94. The lowest BCUT2D eigenvalue weighted by Gasteiger charge is -2.28. The van der Waals surface area contributed by atoms with Gasteiger partial charge in [0.15, 0.2) is 0 Å². The van der Waals surface area contributed by atoms with Crippen LogP contribution in [0.4, 0.5) is 4.79 Å². The molecule has 1 aromatic heterocycles. The number of amides is 2. The molecular weight excluding hydrogens is 427 g/mol. The SMILES string of the molecule is CC(C)C[C@H](N)O[B]O.O=C(O)C(Cc1ccc2ncccc2c1)NC(=O)N1CCOCC1. The third kappa shape index (κ3) is 9.35. The lowest BCUT2D eigenvalue weighted by atomic mass is 10.0. The molecule has 2 heterocycles. The van der Waals surface area contributed by atoms with Crippen molar-refractivity contribution < 1.29 is 29.1 Å². The van der Waals surface area contributed by atoms with Gasteiger partial charge in [0.25, 0.3) is 0 Å². The van der Waals surface area contributed by atoms with Gasteiger partial charge >= 0.3 is 19.7 Å². The van der Waals surface area contributed by atoms with Gasteiger partial charge < -0.3 is 35.5 Å². The minimum atomic E-state index is -1.05. The summed E-state index contributed by atoms with van der Waals surface area (Å²) in [4.78, 5) is 29.5. The molecule has 1 radical (unpaired) electrons. The summed E-state index contributed by atoms with van der Waals surface area (Å²) in [5, 5.41) is 21.1. The van der Waals surface area contributed by atoms with Gasteiger partial charge in [0, 0.05) is 31.1 Å². The smallest absolute Gasteiger partial charge is 0.480 e. The molecule has 1 aliphatic rings. The minimum absolute atomic E-state index is 0.218. The number of rotatable bonds is 8. The number of nitrogens with two attached hydrogens (primary N) is 1. The molecule has 1 saturated heterocycles. The first kappa shape index (κ1) is 26.5. The highest BCUT2D eigenvalue weighted by Crippen LogP contribution is 2.15. The second-order valence-electron chi connectivity index (χ2n) is 8.08. The summed E-state index contributed by atoms with van der Waals surface area (Å²) >= 11 is 0. The highest BCUT2D eigenvalue weighted by atomic mass is 16.5. The summed E-state index contributed by atoms with van der Waals surface area (Å²) in [5.41, 5.74) is 7.06. The Kier molecular flexibility index (Phi) is 11.0. The number of carbonyl (C=O) groups is 2. The molecule has 1 aromatic carbocycles. The number of hydrogen-bond acceptors (Lipinski definition) is 7. The number of fused-ring (bicyclic) bond motifs is 1. The molecule has 0 saturated carbocycles. The van der Waals surface area contributed by atoms with Crippen LogP contribution in [0.3, 0.4) is 0 Å². The number of carbonyl (C=O) groups excluding carboxylic acids is 1. The molecule has 0 aliphatic carbocycles. The van der Waals surface area contributed by atoms with Crippen LogP contribution in [0.15, 0.2) is 36.5 Å². The fourth-order valence-electron chi connectivity index (χ4n) is 3.29. The predicted molar refractivity (Wildman–Crippen MR) is 124 cm³/mol. The summed E-state index contributed by atoms with van der Waals surface area (Å²) in [6.45, 7) is 5.98. The van der Waals surface area contributed by atoms with Gasteiger partial charge in [-0.3, -0.25) is 4.98 Å². The second-order valence-corrected chi connectivity index (χ2v) is 8.08.